The van der Waals surface area contributed by atoms with E-state index in [1.54, 1.807) is 13.3 Å². The van der Waals surface area contributed by atoms with Gasteiger partial charge in [-0.2, -0.15) is 0 Å². The Kier molecular flexibility index (Phi) is 1.62. The lowest BCUT2D eigenvalue weighted by atomic mass is 10.3. The molecule has 2 aromatic rings. The highest BCUT2D eigenvalue weighted by molar-refractivity contribution is 5.52. The Balaban J connectivity index is 2.83. The van der Waals surface area contributed by atoms with Crippen LogP contribution in [0.1, 0.15) is 5.69 Å². The molecule has 0 unspecified atom stereocenters. The molecule has 0 radical (unpaired) electrons. The van der Waals surface area contributed by atoms with Gasteiger partial charge in [0.05, 0.1) is 19.0 Å². The summed E-state index contributed by atoms with van der Waals surface area (Å²) in [4.78, 5) is 4.14. The van der Waals surface area contributed by atoms with E-state index < -0.39 is 0 Å². The Morgan fingerprint density at radius 1 is 1.46 bits per heavy atom. The lowest BCUT2D eigenvalue weighted by Crippen LogP contribution is -1.99. The van der Waals surface area contributed by atoms with Gasteiger partial charge in [-0.05, 0) is 19.1 Å². The highest BCUT2D eigenvalue weighted by atomic mass is 16.5. The summed E-state index contributed by atoms with van der Waals surface area (Å²) in [6.45, 7) is 1.95. The van der Waals surface area contributed by atoms with Crippen molar-refractivity contribution in [2.75, 3.05) is 12.8 Å². The number of anilines is 1. The molecule has 68 valence electrons. The summed E-state index contributed by atoms with van der Waals surface area (Å²) in [7, 11) is 1.64. The van der Waals surface area contributed by atoms with Crippen molar-refractivity contribution in [2.45, 2.75) is 6.92 Å². The third kappa shape index (κ3) is 1.02. The minimum Gasteiger partial charge on any atom is -0.495 e. The van der Waals surface area contributed by atoms with Crippen LogP contribution in [-0.4, -0.2) is 16.5 Å². The highest BCUT2D eigenvalue weighted by Gasteiger charge is 2.06. The number of methoxy groups -OCH3 is 1. The monoisotopic (exact) mass is 177 g/mol. The number of nitrogens with two attached hydrogens (primary N) is 1. The van der Waals surface area contributed by atoms with Crippen molar-refractivity contribution in [3.63, 3.8) is 0 Å². The Morgan fingerprint density at radius 3 is 2.92 bits per heavy atom. The molecule has 0 aromatic carbocycles. The van der Waals surface area contributed by atoms with Crippen molar-refractivity contribution in [3.8, 4) is 5.75 Å². The Bertz CT molecular complexity index is 447. The van der Waals surface area contributed by atoms with E-state index in [0.29, 0.717) is 5.82 Å². The van der Waals surface area contributed by atoms with Gasteiger partial charge in [0.2, 0.25) is 0 Å². The standard InChI is InChI=1S/C9H11N3O/c1-6-7(13-2)3-4-9-11-5-8(10)12(6)9/h3-5H,10H2,1-2H3. The van der Waals surface area contributed by atoms with Gasteiger partial charge in [-0.3, -0.25) is 4.40 Å². The van der Waals surface area contributed by atoms with Crippen LogP contribution < -0.4 is 10.5 Å². The molecule has 2 rings (SSSR count). The smallest absolute Gasteiger partial charge is 0.138 e. The molecule has 0 atom stereocenters. The molecule has 0 saturated carbocycles. The molecule has 4 nitrogen and oxygen atoms in total. The van der Waals surface area contributed by atoms with Crippen molar-refractivity contribution >= 4 is 11.5 Å². The second-order valence-electron chi connectivity index (χ2n) is 2.86. The molecule has 0 saturated heterocycles. The number of rotatable bonds is 1. The molecule has 0 aliphatic carbocycles. The van der Waals surface area contributed by atoms with E-state index in [1.165, 1.54) is 0 Å². The average molecular weight is 177 g/mol. The number of hydrogen-bond acceptors (Lipinski definition) is 3. The zero-order valence-corrected chi connectivity index (χ0v) is 7.61. The van der Waals surface area contributed by atoms with E-state index in [4.69, 9.17) is 10.5 Å². The zero-order chi connectivity index (χ0) is 9.42. The molecule has 2 aromatic heterocycles. The minimum atomic E-state index is 0.631. The number of nitrogens with zero attached hydrogens (tertiary/aromatic N) is 2. The summed E-state index contributed by atoms with van der Waals surface area (Å²) in [5, 5.41) is 0. The third-order valence-corrected chi connectivity index (χ3v) is 2.11. The fourth-order valence-electron chi connectivity index (χ4n) is 1.46. The van der Waals surface area contributed by atoms with Crippen LogP contribution in [0.3, 0.4) is 0 Å². The van der Waals surface area contributed by atoms with Gasteiger partial charge in [0.15, 0.2) is 0 Å². The van der Waals surface area contributed by atoms with E-state index in [-0.39, 0.29) is 0 Å². The highest BCUT2D eigenvalue weighted by Crippen LogP contribution is 2.21. The quantitative estimate of drug-likeness (QED) is 0.712. The molecule has 13 heavy (non-hydrogen) atoms. The van der Waals surface area contributed by atoms with Gasteiger partial charge in [-0.25, -0.2) is 4.98 Å². The molecule has 2 heterocycles. The summed E-state index contributed by atoms with van der Waals surface area (Å²) >= 11 is 0. The number of aromatic nitrogens is 2. The van der Waals surface area contributed by atoms with Crippen molar-refractivity contribution < 1.29 is 4.74 Å². The summed E-state index contributed by atoms with van der Waals surface area (Å²) in [6, 6.07) is 3.76. The number of pyridine rings is 1. The number of hydrogen-bond donors (Lipinski definition) is 1. The van der Waals surface area contributed by atoms with Crippen LogP contribution in [0.25, 0.3) is 5.65 Å². The first-order valence-corrected chi connectivity index (χ1v) is 4.00. The fraction of sp³-hybridized carbons (Fsp3) is 0.222. The van der Waals surface area contributed by atoms with Gasteiger partial charge in [-0.15, -0.1) is 0 Å². The van der Waals surface area contributed by atoms with Crippen molar-refractivity contribution in [2.24, 2.45) is 0 Å². The molecule has 0 aliphatic heterocycles. The second kappa shape index (κ2) is 2.65. The number of ether oxygens (including phenoxy) is 1. The fourth-order valence-corrected chi connectivity index (χ4v) is 1.46. The maximum absolute atomic E-state index is 5.75. The van der Waals surface area contributed by atoms with Crippen LogP contribution in [0.5, 0.6) is 5.75 Å². The number of imidazole rings is 1. The molecular formula is C9H11N3O. The molecule has 0 spiro atoms. The van der Waals surface area contributed by atoms with E-state index in [9.17, 15) is 0 Å². The summed E-state index contributed by atoms with van der Waals surface area (Å²) < 4.78 is 7.03. The summed E-state index contributed by atoms with van der Waals surface area (Å²) in [6.07, 6.45) is 1.64. The minimum absolute atomic E-state index is 0.631. The zero-order valence-electron chi connectivity index (χ0n) is 7.61. The summed E-state index contributed by atoms with van der Waals surface area (Å²) in [5.41, 5.74) is 7.56. The van der Waals surface area contributed by atoms with Crippen LogP contribution in [0.4, 0.5) is 5.82 Å². The Labute approximate surface area is 76.0 Å². The van der Waals surface area contributed by atoms with Crippen LogP contribution in [-0.2, 0) is 0 Å². The molecule has 2 N–H and O–H groups in total. The Morgan fingerprint density at radius 2 is 2.23 bits per heavy atom. The first-order chi connectivity index (χ1) is 6.24. The second-order valence-corrected chi connectivity index (χ2v) is 2.86. The largest absolute Gasteiger partial charge is 0.495 e. The maximum atomic E-state index is 5.75. The van der Waals surface area contributed by atoms with E-state index >= 15 is 0 Å². The van der Waals surface area contributed by atoms with Crippen LogP contribution >= 0.6 is 0 Å². The molecule has 0 aliphatic rings. The van der Waals surface area contributed by atoms with Gasteiger partial charge in [0, 0.05) is 0 Å². The lowest BCUT2D eigenvalue weighted by Gasteiger charge is -2.07. The van der Waals surface area contributed by atoms with Crippen LogP contribution in [0.15, 0.2) is 18.3 Å². The van der Waals surface area contributed by atoms with E-state index in [2.05, 4.69) is 4.98 Å². The molecule has 0 bridgehead atoms. The molecular weight excluding hydrogens is 166 g/mol. The van der Waals surface area contributed by atoms with Crippen molar-refractivity contribution in [1.82, 2.24) is 9.38 Å². The number of fused-ring (bicyclic) bond motifs is 1. The average Bonchev–Trinajstić information content (AvgIpc) is 2.49. The van der Waals surface area contributed by atoms with Crippen molar-refractivity contribution in [3.05, 3.63) is 24.0 Å². The third-order valence-electron chi connectivity index (χ3n) is 2.11. The molecule has 0 amide bonds. The van der Waals surface area contributed by atoms with Crippen LogP contribution in [0.2, 0.25) is 0 Å². The normalized spacial score (nSPS) is 10.6. The van der Waals surface area contributed by atoms with E-state index in [1.807, 2.05) is 23.5 Å². The topological polar surface area (TPSA) is 52.5 Å². The predicted molar refractivity (Wildman–Crippen MR) is 50.9 cm³/mol. The summed E-state index contributed by atoms with van der Waals surface area (Å²) in [5.74, 6) is 1.45. The number of nitrogen functional groups attached to an aromatic ring is 1. The SMILES string of the molecule is COc1ccc2ncc(N)n2c1C. The molecule has 0 fully saturated rings. The van der Waals surface area contributed by atoms with Crippen LogP contribution in [0, 0.1) is 6.92 Å². The van der Waals surface area contributed by atoms with E-state index in [0.717, 1.165) is 17.1 Å². The lowest BCUT2D eigenvalue weighted by molar-refractivity contribution is 0.408. The molecule has 4 heteroatoms. The Hall–Kier alpha value is -1.71. The first-order valence-electron chi connectivity index (χ1n) is 4.00. The maximum Gasteiger partial charge on any atom is 0.138 e. The van der Waals surface area contributed by atoms with Gasteiger partial charge in [0.25, 0.3) is 0 Å². The number of aryl methyl sites for hydroxylation is 1. The predicted octanol–water partition coefficient (Wildman–Crippen LogP) is 1.23. The van der Waals surface area contributed by atoms with Gasteiger partial charge >= 0.3 is 0 Å². The van der Waals surface area contributed by atoms with Gasteiger partial charge < -0.3 is 10.5 Å². The van der Waals surface area contributed by atoms with Gasteiger partial charge in [0.1, 0.15) is 17.2 Å². The van der Waals surface area contributed by atoms with Gasteiger partial charge in [-0.1, -0.05) is 0 Å². The van der Waals surface area contributed by atoms with Crippen molar-refractivity contribution in [1.29, 1.82) is 0 Å². The first kappa shape index (κ1) is 7.91.